The number of anilines is 1. The molecule has 8 nitrogen and oxygen atoms in total. The molecule has 0 radical (unpaired) electrons. The van der Waals surface area contributed by atoms with E-state index in [4.69, 9.17) is 19.3 Å². The Kier molecular flexibility index (Phi) is 5.08. The Bertz CT molecular complexity index is 462. The van der Waals surface area contributed by atoms with Gasteiger partial charge in [0, 0.05) is 20.2 Å². The number of carbonyl (C=O) groups is 1. The molecule has 1 fully saturated rings. The summed E-state index contributed by atoms with van der Waals surface area (Å²) in [5.41, 5.74) is -0.0573. The third-order valence-electron chi connectivity index (χ3n) is 2.79. The van der Waals surface area contributed by atoms with E-state index in [9.17, 15) is 4.79 Å². The average Bonchev–Trinajstić information content (AvgIpc) is 2.48. The number of methoxy groups -OCH3 is 1. The first-order valence-corrected chi connectivity index (χ1v) is 6.27. The molecule has 2 rings (SSSR count). The molecule has 1 N–H and O–H groups in total. The highest BCUT2D eigenvalue weighted by molar-refractivity contribution is 5.89. The molecule has 110 valence electrons. The van der Waals surface area contributed by atoms with Gasteiger partial charge in [0.2, 0.25) is 11.8 Å². The maximum atomic E-state index is 11.1. The van der Waals surface area contributed by atoms with Gasteiger partial charge in [0.1, 0.15) is 12.2 Å². The van der Waals surface area contributed by atoms with E-state index in [0.717, 1.165) is 0 Å². The highest BCUT2D eigenvalue weighted by Crippen LogP contribution is 2.19. The van der Waals surface area contributed by atoms with Gasteiger partial charge in [0.15, 0.2) is 0 Å². The molecule has 1 aromatic rings. The molecule has 0 aliphatic carbocycles. The van der Waals surface area contributed by atoms with Crippen LogP contribution >= 0.6 is 0 Å². The van der Waals surface area contributed by atoms with E-state index in [1.54, 1.807) is 7.11 Å². The summed E-state index contributed by atoms with van der Waals surface area (Å²) in [6.45, 7) is 3.13. The summed E-state index contributed by atoms with van der Waals surface area (Å²) >= 11 is 0. The third-order valence-corrected chi connectivity index (χ3v) is 2.79. The Morgan fingerprint density at radius 1 is 1.45 bits per heavy atom. The lowest BCUT2D eigenvalue weighted by molar-refractivity contribution is 0.0687. The van der Waals surface area contributed by atoms with Crippen LogP contribution in [0, 0.1) is 0 Å². The lowest BCUT2D eigenvalue weighted by atomic mass is 10.3. The minimum absolute atomic E-state index is 0.0573. The normalized spacial score (nSPS) is 15.2. The Labute approximate surface area is 116 Å². The van der Waals surface area contributed by atoms with Crippen molar-refractivity contribution in [3.05, 3.63) is 11.8 Å². The van der Waals surface area contributed by atoms with Crippen molar-refractivity contribution >= 4 is 11.9 Å². The number of hydrogen-bond donors (Lipinski definition) is 1. The summed E-state index contributed by atoms with van der Waals surface area (Å²) in [4.78, 5) is 21.3. The molecule has 0 spiro atoms. The van der Waals surface area contributed by atoms with Crippen LogP contribution in [0.3, 0.4) is 0 Å². The van der Waals surface area contributed by atoms with E-state index in [1.807, 2.05) is 4.90 Å². The van der Waals surface area contributed by atoms with E-state index in [2.05, 4.69) is 9.97 Å². The van der Waals surface area contributed by atoms with Gasteiger partial charge in [-0.2, -0.15) is 4.98 Å². The largest absolute Gasteiger partial charge is 0.477 e. The molecule has 2 heterocycles. The molecule has 0 unspecified atom stereocenters. The molecular weight excluding hydrogens is 266 g/mol. The molecule has 1 aromatic heterocycles. The van der Waals surface area contributed by atoms with Crippen molar-refractivity contribution in [1.29, 1.82) is 0 Å². The van der Waals surface area contributed by atoms with E-state index in [0.29, 0.717) is 38.9 Å². The lowest BCUT2D eigenvalue weighted by Gasteiger charge is -2.26. The number of nitrogens with zero attached hydrogens (tertiary/aromatic N) is 3. The second kappa shape index (κ2) is 7.01. The van der Waals surface area contributed by atoms with Gasteiger partial charge in [-0.1, -0.05) is 0 Å². The lowest BCUT2D eigenvalue weighted by Crippen LogP contribution is -2.37. The minimum Gasteiger partial charge on any atom is -0.477 e. The number of aromatic carboxylic acids is 1. The fourth-order valence-electron chi connectivity index (χ4n) is 1.75. The SMILES string of the molecule is COCCOc1nc(N2CCOCC2)ncc1C(=O)O. The van der Waals surface area contributed by atoms with Gasteiger partial charge in [-0.15, -0.1) is 0 Å². The van der Waals surface area contributed by atoms with E-state index in [1.165, 1.54) is 6.20 Å². The fraction of sp³-hybridized carbons (Fsp3) is 0.583. The molecule has 0 bridgehead atoms. The molecule has 8 heteroatoms. The van der Waals surface area contributed by atoms with Crippen LogP contribution in [0.4, 0.5) is 5.95 Å². The van der Waals surface area contributed by atoms with Crippen LogP contribution in [0.25, 0.3) is 0 Å². The predicted octanol–water partition coefficient (Wildman–Crippen LogP) is 0.0366. The summed E-state index contributed by atoms with van der Waals surface area (Å²) in [6, 6.07) is 0. The molecule has 1 saturated heterocycles. The van der Waals surface area contributed by atoms with Crippen LogP contribution < -0.4 is 9.64 Å². The zero-order chi connectivity index (χ0) is 14.4. The topological polar surface area (TPSA) is 94.0 Å². The second-order valence-electron chi connectivity index (χ2n) is 4.13. The number of hydrogen-bond acceptors (Lipinski definition) is 7. The highest BCUT2D eigenvalue weighted by Gasteiger charge is 2.19. The van der Waals surface area contributed by atoms with Crippen LogP contribution in [-0.2, 0) is 9.47 Å². The van der Waals surface area contributed by atoms with Crippen LogP contribution in [0.2, 0.25) is 0 Å². The summed E-state index contributed by atoms with van der Waals surface area (Å²) in [5.74, 6) is -0.609. The van der Waals surface area contributed by atoms with Crippen molar-refractivity contribution in [2.24, 2.45) is 0 Å². The summed E-state index contributed by atoms with van der Waals surface area (Å²) in [7, 11) is 1.54. The number of rotatable bonds is 6. The molecule has 1 aliphatic rings. The van der Waals surface area contributed by atoms with Crippen molar-refractivity contribution in [3.8, 4) is 5.88 Å². The third kappa shape index (κ3) is 3.55. The Morgan fingerprint density at radius 2 is 2.20 bits per heavy atom. The van der Waals surface area contributed by atoms with Crippen molar-refractivity contribution in [2.45, 2.75) is 0 Å². The zero-order valence-electron chi connectivity index (χ0n) is 11.2. The first-order chi connectivity index (χ1) is 9.72. The molecule has 0 saturated carbocycles. The minimum atomic E-state index is -1.12. The monoisotopic (exact) mass is 283 g/mol. The van der Waals surface area contributed by atoms with E-state index >= 15 is 0 Å². The maximum Gasteiger partial charge on any atom is 0.342 e. The van der Waals surface area contributed by atoms with Crippen molar-refractivity contribution in [2.75, 3.05) is 51.5 Å². The van der Waals surface area contributed by atoms with Crippen molar-refractivity contribution < 1.29 is 24.1 Å². The Balaban J connectivity index is 2.17. The van der Waals surface area contributed by atoms with Crippen molar-refractivity contribution in [1.82, 2.24) is 9.97 Å². The molecule has 1 aliphatic heterocycles. The Hall–Kier alpha value is -1.93. The van der Waals surface area contributed by atoms with Gasteiger partial charge < -0.3 is 24.2 Å². The van der Waals surface area contributed by atoms with Gasteiger partial charge in [0.25, 0.3) is 0 Å². The molecule has 0 aromatic carbocycles. The predicted molar refractivity (Wildman–Crippen MR) is 69.4 cm³/mol. The van der Waals surface area contributed by atoms with Gasteiger partial charge >= 0.3 is 5.97 Å². The number of carboxylic acid groups (broad SMARTS) is 1. The van der Waals surface area contributed by atoms with Crippen molar-refractivity contribution in [3.63, 3.8) is 0 Å². The number of morpholine rings is 1. The summed E-state index contributed by atoms with van der Waals surface area (Å²) < 4.78 is 15.5. The van der Waals surface area contributed by atoms with Gasteiger partial charge in [-0.05, 0) is 0 Å². The smallest absolute Gasteiger partial charge is 0.342 e. The quantitative estimate of drug-likeness (QED) is 0.731. The fourth-order valence-corrected chi connectivity index (χ4v) is 1.75. The molecule has 0 amide bonds. The van der Waals surface area contributed by atoms with Crippen LogP contribution in [0.1, 0.15) is 10.4 Å². The maximum absolute atomic E-state index is 11.1. The summed E-state index contributed by atoms with van der Waals surface area (Å²) in [6.07, 6.45) is 1.27. The Morgan fingerprint density at radius 3 is 2.85 bits per heavy atom. The van der Waals surface area contributed by atoms with Crippen LogP contribution in [0.5, 0.6) is 5.88 Å². The first kappa shape index (κ1) is 14.5. The number of aromatic nitrogens is 2. The van der Waals surface area contributed by atoms with Gasteiger partial charge in [-0.25, -0.2) is 9.78 Å². The standard InChI is InChI=1S/C12H17N3O5/c1-18-6-7-20-10-9(11(16)17)8-13-12(14-10)15-2-4-19-5-3-15/h8H,2-7H2,1H3,(H,16,17). The zero-order valence-corrected chi connectivity index (χ0v) is 11.2. The molecular formula is C12H17N3O5. The average molecular weight is 283 g/mol. The highest BCUT2D eigenvalue weighted by atomic mass is 16.5. The number of carboxylic acids is 1. The van der Waals surface area contributed by atoms with Gasteiger partial charge in [0.05, 0.1) is 26.0 Å². The van der Waals surface area contributed by atoms with Crippen LogP contribution in [0.15, 0.2) is 6.20 Å². The number of ether oxygens (including phenoxy) is 3. The van der Waals surface area contributed by atoms with Gasteiger partial charge in [-0.3, -0.25) is 0 Å². The second-order valence-corrected chi connectivity index (χ2v) is 4.13. The molecule has 20 heavy (non-hydrogen) atoms. The molecule has 0 atom stereocenters. The summed E-state index contributed by atoms with van der Waals surface area (Å²) in [5, 5.41) is 9.10. The first-order valence-electron chi connectivity index (χ1n) is 6.27. The van der Waals surface area contributed by atoms with E-state index in [-0.39, 0.29) is 18.1 Å². The van der Waals surface area contributed by atoms with E-state index < -0.39 is 5.97 Å². The van der Waals surface area contributed by atoms with Crippen LogP contribution in [-0.4, -0.2) is 67.7 Å².